The Hall–Kier alpha value is 0.150. The van der Waals surface area contributed by atoms with Gasteiger partial charge in [-0.05, 0) is 34.7 Å². The molecule has 0 saturated carbocycles. The largest absolute Gasteiger partial charge is 0.290 e. The quantitative estimate of drug-likeness (QED) is 0.451. The minimum atomic E-state index is -3.70. The van der Waals surface area contributed by atoms with Crippen LogP contribution in [0.15, 0.2) is 24.3 Å². The monoisotopic (exact) mass is 392 g/mol. The van der Waals surface area contributed by atoms with Crippen molar-refractivity contribution in [3.8, 4) is 0 Å². The van der Waals surface area contributed by atoms with Crippen LogP contribution in [0.1, 0.15) is 10.4 Å². The first-order valence-electron chi connectivity index (χ1n) is 4.04. The van der Waals surface area contributed by atoms with Crippen molar-refractivity contribution in [2.24, 2.45) is 0 Å². The Morgan fingerprint density at radius 3 is 2.44 bits per heavy atom. The molecule has 1 aromatic carbocycles. The molecule has 7 heteroatoms. The van der Waals surface area contributed by atoms with E-state index in [1.807, 2.05) is 0 Å². The molecule has 0 amide bonds. The van der Waals surface area contributed by atoms with Gasteiger partial charge in [-0.2, -0.15) is 0 Å². The summed E-state index contributed by atoms with van der Waals surface area (Å²) >= 11 is 12.9. The second-order valence-electron chi connectivity index (χ2n) is 3.13. The lowest BCUT2D eigenvalue weighted by Gasteiger charge is -2.16. The number of carbonyl (C=O) groups is 1. The normalized spacial score (nSPS) is 15.5. The van der Waals surface area contributed by atoms with Crippen LogP contribution >= 0.6 is 45.8 Å². The predicted molar refractivity (Wildman–Crippen MR) is 73.2 cm³/mol. The molecular formula is C9H7Cl2IO3S. The topological polar surface area (TPSA) is 51.2 Å². The van der Waals surface area contributed by atoms with Crippen molar-refractivity contribution >= 4 is 61.4 Å². The van der Waals surface area contributed by atoms with Gasteiger partial charge in [-0.1, -0.05) is 35.3 Å². The van der Waals surface area contributed by atoms with Gasteiger partial charge in [0, 0.05) is 16.8 Å². The summed E-state index contributed by atoms with van der Waals surface area (Å²) in [6.45, 7) is 0. The van der Waals surface area contributed by atoms with E-state index in [-0.39, 0.29) is 5.56 Å². The summed E-state index contributed by atoms with van der Waals surface area (Å²) < 4.78 is 20.7. The highest BCUT2D eigenvalue weighted by atomic mass is 127. The molecule has 0 spiro atoms. The van der Waals surface area contributed by atoms with Crippen LogP contribution < -0.4 is 0 Å². The molecule has 0 aliphatic carbocycles. The third kappa shape index (κ3) is 2.88. The lowest BCUT2D eigenvalue weighted by Crippen LogP contribution is -2.34. The molecule has 0 aliphatic rings. The van der Waals surface area contributed by atoms with Crippen LogP contribution in [-0.4, -0.2) is 22.7 Å². The zero-order valence-electron chi connectivity index (χ0n) is 8.08. The molecule has 0 fully saturated rings. The van der Waals surface area contributed by atoms with Crippen LogP contribution in [0.2, 0.25) is 5.02 Å². The standard InChI is InChI=1S/C9H7Cl2IO3S/c1-16(14,15)9(11,12)8(13)6-3-2-4-7(10)5-6/h2-5H,1H3/t9-/m0/s1. The van der Waals surface area contributed by atoms with Crippen molar-refractivity contribution in [2.75, 3.05) is 6.26 Å². The van der Waals surface area contributed by atoms with Crippen LogP contribution in [0.4, 0.5) is 0 Å². The van der Waals surface area contributed by atoms with Gasteiger partial charge in [0.05, 0.1) is 0 Å². The third-order valence-corrected chi connectivity index (χ3v) is 7.07. The Morgan fingerprint density at radius 1 is 1.44 bits per heavy atom. The van der Waals surface area contributed by atoms with Crippen molar-refractivity contribution in [1.82, 2.24) is 0 Å². The van der Waals surface area contributed by atoms with E-state index in [0.717, 1.165) is 6.26 Å². The molecule has 88 valence electrons. The van der Waals surface area contributed by atoms with Gasteiger partial charge < -0.3 is 0 Å². The molecule has 1 rings (SSSR count). The number of ketones is 1. The average Bonchev–Trinajstić information content (AvgIpc) is 2.14. The number of alkyl halides is 2. The summed E-state index contributed by atoms with van der Waals surface area (Å²) in [5.74, 6) is -0.695. The molecule has 0 aliphatic heterocycles. The van der Waals surface area contributed by atoms with Crippen LogP contribution in [0.5, 0.6) is 0 Å². The van der Waals surface area contributed by atoms with E-state index in [4.69, 9.17) is 23.2 Å². The van der Waals surface area contributed by atoms with Crippen molar-refractivity contribution in [2.45, 2.75) is 2.21 Å². The van der Waals surface area contributed by atoms with Crippen molar-refractivity contribution in [1.29, 1.82) is 0 Å². The van der Waals surface area contributed by atoms with Gasteiger partial charge in [0.2, 0.25) is 5.78 Å². The van der Waals surface area contributed by atoms with E-state index in [9.17, 15) is 13.2 Å². The molecule has 0 heterocycles. The maximum absolute atomic E-state index is 11.9. The molecule has 16 heavy (non-hydrogen) atoms. The molecule has 1 aromatic rings. The number of rotatable bonds is 3. The van der Waals surface area contributed by atoms with Crippen LogP contribution in [0.25, 0.3) is 0 Å². The zero-order valence-corrected chi connectivity index (χ0v) is 12.6. The molecule has 0 bridgehead atoms. The van der Waals surface area contributed by atoms with Gasteiger partial charge in [-0.15, -0.1) is 0 Å². The second kappa shape index (κ2) is 4.80. The first kappa shape index (κ1) is 14.2. The van der Waals surface area contributed by atoms with Gasteiger partial charge in [-0.25, -0.2) is 8.42 Å². The van der Waals surface area contributed by atoms with Crippen LogP contribution in [0, 0.1) is 0 Å². The Morgan fingerprint density at radius 2 is 2.00 bits per heavy atom. The highest BCUT2D eigenvalue weighted by molar-refractivity contribution is 14.1. The summed E-state index contributed by atoms with van der Waals surface area (Å²) in [6.07, 6.45) is 0.912. The van der Waals surface area contributed by atoms with Gasteiger partial charge in [0.1, 0.15) is 0 Å². The average molecular weight is 393 g/mol. The molecule has 0 radical (unpaired) electrons. The Bertz CT molecular complexity index is 525. The van der Waals surface area contributed by atoms with E-state index in [1.54, 1.807) is 12.1 Å². The van der Waals surface area contributed by atoms with Gasteiger partial charge >= 0.3 is 0 Å². The van der Waals surface area contributed by atoms with E-state index in [0.29, 0.717) is 5.02 Å². The maximum Gasteiger partial charge on any atom is 0.257 e. The fourth-order valence-electron chi connectivity index (χ4n) is 0.966. The fraction of sp³-hybridized carbons (Fsp3) is 0.222. The summed E-state index contributed by atoms with van der Waals surface area (Å²) in [6, 6.07) is 5.99. The molecule has 3 nitrogen and oxygen atoms in total. The lowest BCUT2D eigenvalue weighted by atomic mass is 10.1. The minimum absolute atomic E-state index is 0.169. The van der Waals surface area contributed by atoms with E-state index in [2.05, 4.69) is 0 Å². The number of hydrogen-bond acceptors (Lipinski definition) is 3. The number of carbonyl (C=O) groups excluding carboxylic acids is 1. The van der Waals surface area contributed by atoms with E-state index in [1.165, 1.54) is 34.7 Å². The minimum Gasteiger partial charge on any atom is -0.290 e. The van der Waals surface area contributed by atoms with Gasteiger partial charge in [0.25, 0.3) is 2.21 Å². The number of halogens is 3. The summed E-state index contributed by atoms with van der Waals surface area (Å²) in [5, 5.41) is 0.350. The van der Waals surface area contributed by atoms with Gasteiger partial charge in [-0.3, -0.25) is 4.79 Å². The molecule has 0 N–H and O–H groups in total. The molecule has 0 saturated heterocycles. The molecule has 0 unspecified atom stereocenters. The SMILES string of the molecule is CS(=O)(=O)[C@@](Cl)(I)C(=O)c1cccc(Cl)c1. The van der Waals surface area contributed by atoms with E-state index < -0.39 is 17.8 Å². The Balaban J connectivity index is 3.23. The number of Topliss-reactive ketones (excluding diaryl/α,β-unsaturated/α-hetero) is 1. The van der Waals surface area contributed by atoms with Crippen molar-refractivity contribution in [3.63, 3.8) is 0 Å². The summed E-state index contributed by atoms with van der Waals surface area (Å²) in [5.41, 5.74) is 0.169. The summed E-state index contributed by atoms with van der Waals surface area (Å²) in [4.78, 5) is 11.9. The first-order valence-corrected chi connectivity index (χ1v) is 7.76. The number of hydrogen-bond donors (Lipinski definition) is 0. The first-order chi connectivity index (χ1) is 7.16. The van der Waals surface area contributed by atoms with Crippen LogP contribution in [-0.2, 0) is 9.84 Å². The Kier molecular flexibility index (Phi) is 4.26. The third-order valence-electron chi connectivity index (χ3n) is 1.82. The highest BCUT2D eigenvalue weighted by Gasteiger charge is 2.44. The predicted octanol–water partition coefficient (Wildman–Crippen LogP) is 2.89. The van der Waals surface area contributed by atoms with Crippen molar-refractivity contribution in [3.05, 3.63) is 34.9 Å². The van der Waals surface area contributed by atoms with E-state index >= 15 is 0 Å². The fourth-order valence-corrected chi connectivity index (χ4v) is 2.03. The number of sulfone groups is 1. The smallest absolute Gasteiger partial charge is 0.257 e. The van der Waals surface area contributed by atoms with Crippen LogP contribution in [0.3, 0.4) is 0 Å². The molecule has 0 aromatic heterocycles. The molecular weight excluding hydrogens is 386 g/mol. The Labute approximate surface area is 117 Å². The van der Waals surface area contributed by atoms with Gasteiger partial charge in [0.15, 0.2) is 9.84 Å². The zero-order chi connectivity index (χ0) is 12.6. The van der Waals surface area contributed by atoms with Crippen molar-refractivity contribution < 1.29 is 13.2 Å². The number of benzene rings is 1. The second-order valence-corrected chi connectivity index (χ2v) is 9.50. The molecule has 1 atom stereocenters. The maximum atomic E-state index is 11.9. The lowest BCUT2D eigenvalue weighted by molar-refractivity contribution is 0.100. The summed E-state index contributed by atoms with van der Waals surface area (Å²) in [7, 11) is -3.70. The highest BCUT2D eigenvalue weighted by Crippen LogP contribution is 2.34.